The van der Waals surface area contributed by atoms with Gasteiger partial charge in [0.05, 0.1) is 24.3 Å². The number of nitrogens with zero attached hydrogens (tertiary/aromatic N) is 2. The summed E-state index contributed by atoms with van der Waals surface area (Å²) in [4.78, 5) is 32.6. The second-order valence-corrected chi connectivity index (χ2v) is 8.02. The van der Waals surface area contributed by atoms with Gasteiger partial charge in [-0.1, -0.05) is 23.7 Å². The molecule has 9 nitrogen and oxygen atoms in total. The Morgan fingerprint density at radius 2 is 1.97 bits per heavy atom. The van der Waals surface area contributed by atoms with Gasteiger partial charge in [-0.05, 0) is 37.5 Å². The Morgan fingerprint density at radius 3 is 2.65 bits per heavy atom. The molecule has 4 rings (SSSR count). The first-order valence-corrected chi connectivity index (χ1v) is 10.2. The largest absolute Gasteiger partial charge is 0.424 e. The molecule has 4 atom stereocenters. The zero-order chi connectivity index (χ0) is 22.1. The Bertz CT molecular complexity index is 998. The van der Waals surface area contributed by atoms with Crippen LogP contribution in [-0.4, -0.2) is 35.4 Å². The molecule has 31 heavy (non-hydrogen) atoms. The van der Waals surface area contributed by atoms with E-state index in [1.807, 2.05) is 12.1 Å². The maximum atomic E-state index is 12.9. The predicted octanol–water partition coefficient (Wildman–Crippen LogP) is 3.57. The quantitative estimate of drug-likeness (QED) is 0.374. The summed E-state index contributed by atoms with van der Waals surface area (Å²) in [6, 6.07) is 7.34. The zero-order valence-corrected chi connectivity index (χ0v) is 17.7. The summed E-state index contributed by atoms with van der Waals surface area (Å²) in [5, 5.41) is 10.5. The Morgan fingerprint density at radius 1 is 1.26 bits per heavy atom. The Hall–Kier alpha value is -2.75. The first-order chi connectivity index (χ1) is 14.9. The van der Waals surface area contributed by atoms with E-state index in [1.165, 1.54) is 7.11 Å². The van der Waals surface area contributed by atoms with Crippen LogP contribution in [0.5, 0.6) is 5.75 Å². The van der Waals surface area contributed by atoms with Crippen molar-refractivity contribution in [3.63, 3.8) is 0 Å². The third-order valence-corrected chi connectivity index (χ3v) is 5.96. The minimum absolute atomic E-state index is 0.143. The molecule has 0 bridgehead atoms. The average Bonchev–Trinajstić information content (AvgIpc) is 3.34. The van der Waals surface area contributed by atoms with Gasteiger partial charge < -0.3 is 19.0 Å². The van der Waals surface area contributed by atoms with E-state index in [4.69, 9.17) is 25.8 Å². The van der Waals surface area contributed by atoms with Gasteiger partial charge in [0.2, 0.25) is 0 Å². The molecular formula is C21H21ClN2O7. The number of ether oxygens (including phenoxy) is 3. The molecule has 2 heterocycles. The number of rotatable bonds is 6. The highest BCUT2D eigenvalue weighted by Crippen LogP contribution is 2.41. The van der Waals surface area contributed by atoms with Crippen molar-refractivity contribution in [1.29, 1.82) is 0 Å². The number of aromatic nitrogens is 1. The fourth-order valence-electron chi connectivity index (χ4n) is 4.14. The normalized spacial score (nSPS) is 24.6. The third kappa shape index (κ3) is 4.34. The lowest BCUT2D eigenvalue weighted by Gasteiger charge is -2.15. The monoisotopic (exact) mass is 448 g/mol. The molecule has 1 aromatic heterocycles. The topological polar surface area (TPSA) is 110 Å². The number of pyridine rings is 1. The Balaban J connectivity index is 1.54. The van der Waals surface area contributed by atoms with E-state index in [0.29, 0.717) is 16.5 Å². The fraction of sp³-hybridized carbons (Fsp3) is 0.429. The number of hydrogen-bond donors (Lipinski definition) is 0. The number of aryl methyl sites for hydroxylation is 1. The molecule has 0 amide bonds. The number of benzene rings is 1. The van der Waals surface area contributed by atoms with Crippen LogP contribution in [0, 0.1) is 23.0 Å². The molecule has 1 aliphatic carbocycles. The second-order valence-electron chi connectivity index (χ2n) is 7.58. The molecule has 2 aliphatic rings. The van der Waals surface area contributed by atoms with Crippen molar-refractivity contribution in [1.82, 2.24) is 4.98 Å². The van der Waals surface area contributed by atoms with Crippen LogP contribution in [-0.2, 0) is 25.7 Å². The van der Waals surface area contributed by atoms with E-state index in [1.54, 1.807) is 25.3 Å². The van der Waals surface area contributed by atoms with Crippen molar-refractivity contribution in [2.24, 2.45) is 5.92 Å². The summed E-state index contributed by atoms with van der Waals surface area (Å²) in [5.41, 5.74) is 3.07. The van der Waals surface area contributed by atoms with Gasteiger partial charge in [-0.3, -0.25) is 9.78 Å². The maximum Gasteiger partial charge on any atom is 0.314 e. The minimum Gasteiger partial charge on any atom is -0.424 e. The summed E-state index contributed by atoms with van der Waals surface area (Å²) in [6.07, 6.45) is 0.450. The van der Waals surface area contributed by atoms with Crippen molar-refractivity contribution >= 4 is 17.6 Å². The van der Waals surface area contributed by atoms with Gasteiger partial charge >= 0.3 is 5.97 Å². The van der Waals surface area contributed by atoms with Crippen molar-refractivity contribution < 1.29 is 28.9 Å². The smallest absolute Gasteiger partial charge is 0.314 e. The number of methoxy groups -OCH3 is 1. The number of halogens is 1. The summed E-state index contributed by atoms with van der Waals surface area (Å²) < 4.78 is 16.9. The molecule has 1 aromatic carbocycles. The highest BCUT2D eigenvalue weighted by molar-refractivity contribution is 6.30. The van der Waals surface area contributed by atoms with Crippen LogP contribution >= 0.6 is 11.6 Å². The van der Waals surface area contributed by atoms with Crippen molar-refractivity contribution in [3.8, 4) is 5.75 Å². The van der Waals surface area contributed by atoms with Gasteiger partial charge in [-0.2, -0.15) is 0 Å². The van der Waals surface area contributed by atoms with Gasteiger partial charge in [0.1, 0.15) is 12.2 Å². The highest BCUT2D eigenvalue weighted by Gasteiger charge is 2.42. The van der Waals surface area contributed by atoms with Crippen LogP contribution in [0.15, 0.2) is 30.5 Å². The Kier molecular flexibility index (Phi) is 6.08. The number of carbonyl (C=O) groups is 1. The summed E-state index contributed by atoms with van der Waals surface area (Å²) in [5.74, 6) is -0.712. The molecule has 0 saturated heterocycles. The van der Waals surface area contributed by atoms with Crippen LogP contribution < -0.4 is 4.74 Å². The predicted molar refractivity (Wildman–Crippen MR) is 108 cm³/mol. The zero-order valence-electron chi connectivity index (χ0n) is 16.9. The molecule has 1 aliphatic heterocycles. The molecule has 2 aromatic rings. The van der Waals surface area contributed by atoms with E-state index >= 15 is 0 Å². The first-order valence-electron chi connectivity index (χ1n) is 9.78. The van der Waals surface area contributed by atoms with Gasteiger partial charge in [-0.15, -0.1) is 10.1 Å². The lowest BCUT2D eigenvalue weighted by atomic mass is 10.00. The molecular weight excluding hydrogens is 428 g/mol. The first kappa shape index (κ1) is 21.5. The standard InChI is InChI=1S/C21H21ClN2O7/c1-11-19(30-21(25)13-7-17(28-2)18(8-13)31-24(26)27)16-10-29-20(15(16)9-23-11)12-3-5-14(22)6-4-12/h3-6,9,13,17-18,20H,7-8,10H2,1-2H3/t13?,17-,18+,20-/m0/s1. The maximum absolute atomic E-state index is 12.9. The van der Waals surface area contributed by atoms with E-state index in [2.05, 4.69) is 9.82 Å². The SMILES string of the molecule is CO[C@H]1CC(C(=O)Oc2c(C)ncc3c2CO[C@H]3c2ccc(Cl)cc2)C[C@H]1O[N+](=O)[O-]. The molecule has 1 fully saturated rings. The number of carbonyl (C=O) groups excluding carboxylic acids is 1. The van der Waals surface area contributed by atoms with Crippen LogP contribution in [0.1, 0.15) is 41.3 Å². The third-order valence-electron chi connectivity index (χ3n) is 5.71. The number of esters is 1. The second kappa shape index (κ2) is 8.78. The van der Waals surface area contributed by atoms with Crippen molar-refractivity contribution in [2.75, 3.05) is 7.11 Å². The van der Waals surface area contributed by atoms with Gasteiger partial charge in [0.15, 0.2) is 5.75 Å². The molecule has 1 unspecified atom stereocenters. The highest BCUT2D eigenvalue weighted by atomic mass is 35.5. The number of hydrogen-bond acceptors (Lipinski definition) is 8. The van der Waals surface area contributed by atoms with E-state index in [-0.39, 0.29) is 25.6 Å². The van der Waals surface area contributed by atoms with E-state index in [9.17, 15) is 14.9 Å². The lowest BCUT2D eigenvalue weighted by molar-refractivity contribution is -0.770. The van der Waals surface area contributed by atoms with Crippen molar-refractivity contribution in [3.05, 3.63) is 68.0 Å². The van der Waals surface area contributed by atoms with Gasteiger partial charge in [-0.25, -0.2) is 0 Å². The molecule has 164 valence electrons. The van der Waals surface area contributed by atoms with E-state index < -0.39 is 29.2 Å². The van der Waals surface area contributed by atoms with Crippen LogP contribution in [0.3, 0.4) is 0 Å². The van der Waals surface area contributed by atoms with Crippen LogP contribution in [0.4, 0.5) is 0 Å². The molecule has 10 heteroatoms. The average molecular weight is 449 g/mol. The fourth-order valence-corrected chi connectivity index (χ4v) is 4.26. The molecule has 1 saturated carbocycles. The summed E-state index contributed by atoms with van der Waals surface area (Å²) >= 11 is 5.98. The molecule has 0 radical (unpaired) electrons. The van der Waals surface area contributed by atoms with Gasteiger partial charge in [0.25, 0.3) is 5.09 Å². The molecule has 0 N–H and O–H groups in total. The Labute approximate surface area is 183 Å². The lowest BCUT2D eigenvalue weighted by Crippen LogP contribution is -2.27. The van der Waals surface area contributed by atoms with E-state index in [0.717, 1.165) is 16.7 Å². The molecule has 0 spiro atoms. The summed E-state index contributed by atoms with van der Waals surface area (Å²) in [7, 11) is 1.43. The minimum atomic E-state index is -0.864. The van der Waals surface area contributed by atoms with Crippen LogP contribution in [0.25, 0.3) is 0 Å². The summed E-state index contributed by atoms with van der Waals surface area (Å²) in [6.45, 7) is 2.02. The van der Waals surface area contributed by atoms with Crippen LogP contribution in [0.2, 0.25) is 5.02 Å². The van der Waals surface area contributed by atoms with Crippen molar-refractivity contribution in [2.45, 2.75) is 44.7 Å². The van der Waals surface area contributed by atoms with Gasteiger partial charge in [0, 0.05) is 29.5 Å². The number of fused-ring (bicyclic) bond motifs is 1.